The van der Waals surface area contributed by atoms with E-state index >= 15 is 0 Å². The van der Waals surface area contributed by atoms with Crippen LogP contribution in [-0.4, -0.2) is 54.3 Å². The lowest BCUT2D eigenvalue weighted by Gasteiger charge is -2.32. The van der Waals surface area contributed by atoms with E-state index in [0.29, 0.717) is 12.1 Å². The van der Waals surface area contributed by atoms with Gasteiger partial charge in [-0.25, -0.2) is 0 Å². The molecule has 0 bridgehead atoms. The van der Waals surface area contributed by atoms with E-state index in [9.17, 15) is 14.4 Å². The molecule has 3 N–H and O–H groups in total. The maximum absolute atomic E-state index is 12.4. The van der Waals surface area contributed by atoms with Gasteiger partial charge in [0, 0.05) is 30.4 Å². The fourth-order valence-corrected chi connectivity index (χ4v) is 3.42. The first-order valence-corrected chi connectivity index (χ1v) is 10.2. The second-order valence-corrected chi connectivity index (χ2v) is 7.53. The molecule has 0 spiro atoms. The van der Waals surface area contributed by atoms with Crippen molar-refractivity contribution < 1.29 is 14.4 Å². The molecule has 1 heterocycles. The van der Waals surface area contributed by atoms with Gasteiger partial charge in [0.2, 0.25) is 11.8 Å². The minimum atomic E-state index is -0.618. The fraction of sp³-hybridized carbons (Fsp3) is 0.348. The van der Waals surface area contributed by atoms with Crippen LogP contribution in [0.4, 0.5) is 5.69 Å². The third-order valence-corrected chi connectivity index (χ3v) is 5.14. The van der Waals surface area contributed by atoms with E-state index in [1.165, 1.54) is 0 Å². The van der Waals surface area contributed by atoms with Gasteiger partial charge in [-0.15, -0.1) is 0 Å². The predicted octanol–water partition coefficient (Wildman–Crippen LogP) is 2.02. The summed E-state index contributed by atoms with van der Waals surface area (Å²) in [6.07, 6.45) is 1.54. The Hall–Kier alpha value is -3.19. The summed E-state index contributed by atoms with van der Waals surface area (Å²) < 4.78 is 0. The summed E-state index contributed by atoms with van der Waals surface area (Å²) in [5, 5.41) is 8.63. The molecule has 0 radical (unpaired) electrons. The van der Waals surface area contributed by atoms with Gasteiger partial charge in [-0.05, 0) is 44.0 Å². The molecule has 0 aromatic heterocycles. The molecule has 3 amide bonds. The van der Waals surface area contributed by atoms with Crippen molar-refractivity contribution in [3.63, 3.8) is 0 Å². The van der Waals surface area contributed by atoms with Gasteiger partial charge in [0.1, 0.15) is 6.04 Å². The van der Waals surface area contributed by atoms with E-state index in [1.807, 2.05) is 36.4 Å². The summed E-state index contributed by atoms with van der Waals surface area (Å²) in [5.41, 5.74) is 1.32. The highest BCUT2D eigenvalue weighted by Gasteiger charge is 2.24. The first kappa shape index (κ1) is 21.5. The van der Waals surface area contributed by atoms with Crippen molar-refractivity contribution in [2.45, 2.75) is 31.8 Å². The van der Waals surface area contributed by atoms with Gasteiger partial charge in [-0.3, -0.25) is 19.3 Å². The lowest BCUT2D eigenvalue weighted by atomic mass is 10.0. The number of carbonyl (C=O) groups is 3. The Bertz CT molecular complexity index is 849. The Kier molecular flexibility index (Phi) is 7.57. The van der Waals surface area contributed by atoms with Gasteiger partial charge >= 0.3 is 0 Å². The highest BCUT2D eigenvalue weighted by Crippen LogP contribution is 2.11. The smallest absolute Gasteiger partial charge is 0.251 e. The van der Waals surface area contributed by atoms with Crippen LogP contribution in [0.2, 0.25) is 0 Å². The highest BCUT2D eigenvalue weighted by molar-refractivity contribution is 5.97. The minimum Gasteiger partial charge on any atom is -0.351 e. The van der Waals surface area contributed by atoms with Crippen molar-refractivity contribution in [2.75, 3.05) is 25.0 Å². The van der Waals surface area contributed by atoms with Gasteiger partial charge in [0.25, 0.3) is 5.91 Å². The number of nitrogens with one attached hydrogen (secondary N) is 3. The molecule has 1 atom stereocenters. The monoisotopic (exact) mass is 408 g/mol. The molecule has 30 heavy (non-hydrogen) atoms. The average molecular weight is 409 g/mol. The molecule has 7 nitrogen and oxygen atoms in total. The Morgan fingerprint density at radius 2 is 1.57 bits per heavy atom. The molecule has 1 saturated heterocycles. The van der Waals surface area contributed by atoms with Crippen LogP contribution in [-0.2, 0) is 9.59 Å². The molecule has 0 saturated carbocycles. The molecular weight excluding hydrogens is 380 g/mol. The maximum atomic E-state index is 12.4. The lowest BCUT2D eigenvalue weighted by molar-refractivity contribution is -0.124. The normalized spacial score (nSPS) is 15.8. The second-order valence-electron chi connectivity index (χ2n) is 7.53. The summed E-state index contributed by atoms with van der Waals surface area (Å²) in [5.74, 6) is -0.502. The molecule has 7 heteroatoms. The number of benzene rings is 2. The summed E-state index contributed by atoms with van der Waals surface area (Å²) in [6.45, 7) is 3.48. The first-order valence-electron chi connectivity index (χ1n) is 10.2. The van der Waals surface area contributed by atoms with Crippen LogP contribution in [0.1, 0.15) is 30.1 Å². The number of piperidine rings is 1. The van der Waals surface area contributed by atoms with E-state index < -0.39 is 6.04 Å². The number of anilines is 1. The van der Waals surface area contributed by atoms with Crippen LogP contribution in [0, 0.1) is 0 Å². The van der Waals surface area contributed by atoms with Gasteiger partial charge in [0.15, 0.2) is 0 Å². The Morgan fingerprint density at radius 3 is 2.20 bits per heavy atom. The molecule has 158 valence electrons. The first-order chi connectivity index (χ1) is 14.5. The van der Waals surface area contributed by atoms with E-state index in [0.717, 1.165) is 31.6 Å². The number of para-hydroxylation sites is 1. The van der Waals surface area contributed by atoms with Crippen LogP contribution in [0.25, 0.3) is 0 Å². The standard InChI is InChI=1S/C23H28N4O3/c1-17(24-23(30)18-8-4-2-5-9-18)22(29)26-20-12-14-27(15-13-20)16-21(28)25-19-10-6-3-7-11-19/h2-11,17,20H,12-16H2,1H3,(H,24,30)(H,25,28)(H,26,29). The number of hydrogen-bond donors (Lipinski definition) is 3. The largest absolute Gasteiger partial charge is 0.351 e. The summed E-state index contributed by atoms with van der Waals surface area (Å²) in [4.78, 5) is 38.9. The zero-order valence-corrected chi connectivity index (χ0v) is 17.1. The van der Waals surface area contributed by atoms with Crippen molar-refractivity contribution >= 4 is 23.4 Å². The molecule has 1 fully saturated rings. The molecule has 1 unspecified atom stereocenters. The van der Waals surface area contributed by atoms with Gasteiger partial charge < -0.3 is 16.0 Å². The third-order valence-electron chi connectivity index (χ3n) is 5.14. The zero-order chi connectivity index (χ0) is 21.3. The van der Waals surface area contributed by atoms with Crippen molar-refractivity contribution in [2.24, 2.45) is 0 Å². The van der Waals surface area contributed by atoms with Crippen LogP contribution in [0.3, 0.4) is 0 Å². The van der Waals surface area contributed by atoms with Crippen LogP contribution < -0.4 is 16.0 Å². The number of hydrogen-bond acceptors (Lipinski definition) is 4. The van der Waals surface area contributed by atoms with Crippen molar-refractivity contribution in [3.05, 3.63) is 66.2 Å². The number of nitrogens with zero attached hydrogens (tertiary/aromatic N) is 1. The predicted molar refractivity (Wildman–Crippen MR) is 116 cm³/mol. The van der Waals surface area contributed by atoms with E-state index in [4.69, 9.17) is 0 Å². The van der Waals surface area contributed by atoms with Crippen molar-refractivity contribution in [1.82, 2.24) is 15.5 Å². The van der Waals surface area contributed by atoms with Crippen molar-refractivity contribution in [3.8, 4) is 0 Å². The number of carbonyl (C=O) groups excluding carboxylic acids is 3. The molecule has 2 aromatic carbocycles. The minimum absolute atomic E-state index is 0.0408. The highest BCUT2D eigenvalue weighted by atomic mass is 16.2. The van der Waals surface area contributed by atoms with E-state index in [-0.39, 0.29) is 23.8 Å². The average Bonchev–Trinajstić information content (AvgIpc) is 2.76. The molecule has 1 aliphatic heterocycles. The van der Waals surface area contributed by atoms with Gasteiger partial charge in [-0.2, -0.15) is 0 Å². The van der Waals surface area contributed by atoms with Crippen molar-refractivity contribution in [1.29, 1.82) is 0 Å². The summed E-state index contributed by atoms with van der Waals surface area (Å²) >= 11 is 0. The number of amides is 3. The second kappa shape index (κ2) is 10.5. The maximum Gasteiger partial charge on any atom is 0.251 e. The number of rotatable bonds is 7. The zero-order valence-electron chi connectivity index (χ0n) is 17.1. The molecular formula is C23H28N4O3. The van der Waals surface area contributed by atoms with Crippen LogP contribution >= 0.6 is 0 Å². The fourth-order valence-electron chi connectivity index (χ4n) is 3.42. The van der Waals surface area contributed by atoms with Crippen LogP contribution in [0.5, 0.6) is 0 Å². The summed E-state index contributed by atoms with van der Waals surface area (Å²) in [7, 11) is 0. The molecule has 1 aliphatic rings. The van der Waals surface area contributed by atoms with E-state index in [2.05, 4.69) is 20.9 Å². The molecule has 2 aromatic rings. The number of likely N-dealkylation sites (tertiary alicyclic amines) is 1. The topological polar surface area (TPSA) is 90.5 Å². The Morgan fingerprint density at radius 1 is 0.967 bits per heavy atom. The summed E-state index contributed by atoms with van der Waals surface area (Å²) in [6, 6.07) is 17.6. The molecule has 3 rings (SSSR count). The van der Waals surface area contributed by atoms with Gasteiger partial charge in [-0.1, -0.05) is 36.4 Å². The Labute approximate surface area is 176 Å². The van der Waals surface area contributed by atoms with Gasteiger partial charge in [0.05, 0.1) is 6.54 Å². The SMILES string of the molecule is CC(NC(=O)c1ccccc1)C(=O)NC1CCN(CC(=O)Nc2ccccc2)CC1. The quantitative estimate of drug-likeness (QED) is 0.654. The van der Waals surface area contributed by atoms with E-state index in [1.54, 1.807) is 31.2 Å². The molecule has 0 aliphatic carbocycles. The van der Waals surface area contributed by atoms with Crippen LogP contribution in [0.15, 0.2) is 60.7 Å². The third kappa shape index (κ3) is 6.42. The Balaban J connectivity index is 1.38. The lowest BCUT2D eigenvalue weighted by Crippen LogP contribution is -2.51.